The first kappa shape index (κ1) is 46.1. The van der Waals surface area contributed by atoms with Gasteiger partial charge in [-0.25, -0.2) is 4.79 Å². The lowest BCUT2D eigenvalue weighted by Crippen LogP contribution is -2.60. The van der Waals surface area contributed by atoms with Crippen molar-refractivity contribution in [1.29, 1.82) is 0 Å². The van der Waals surface area contributed by atoms with Gasteiger partial charge in [0, 0.05) is 60.8 Å². The molecule has 326 valence electrons. The van der Waals surface area contributed by atoms with Crippen LogP contribution in [0.4, 0.5) is 4.79 Å². The van der Waals surface area contributed by atoms with Gasteiger partial charge >= 0.3 is 12.1 Å². The highest BCUT2D eigenvalue weighted by atomic mass is 16.7. The maximum Gasteiger partial charge on any atom is 0.410 e. The molecule has 3 saturated heterocycles. The van der Waals surface area contributed by atoms with Gasteiger partial charge in [0.15, 0.2) is 17.7 Å². The summed E-state index contributed by atoms with van der Waals surface area (Å²) in [5, 5.41) is 13.4. The number of aliphatic hydroxyl groups is 1. The van der Waals surface area contributed by atoms with Gasteiger partial charge in [-0.3, -0.25) is 19.4 Å². The number of pyridine rings is 1. The number of Topliss-reactive ketones (excluding diaryl/α,β-unsaturated/α-hetero) is 2. The fraction of sp³-hybridized carbons (Fsp3) is 0.667. The Balaban J connectivity index is 1.49. The third kappa shape index (κ3) is 9.36. The molecule has 14 heteroatoms. The number of aromatic nitrogens is 1. The number of hydrogen-bond acceptors (Lipinski definition) is 13. The first-order valence-electron chi connectivity index (χ1n) is 20.9. The summed E-state index contributed by atoms with van der Waals surface area (Å²) in [6.45, 7) is 14.1. The van der Waals surface area contributed by atoms with Gasteiger partial charge in [0.2, 0.25) is 0 Å². The van der Waals surface area contributed by atoms with Crippen LogP contribution in [0.1, 0.15) is 86.6 Å². The molecule has 2 aromatic rings. The molecule has 0 spiro atoms. The SMILES string of the molecule is CC[C@H]1OC(=O)[C@H](C)C(=O)[C@H](C)[C@@H](O[C@@H]2O[C@H](C)C[C@H](N(C)C)[C@H]2O)[C@](C)(OC)C[C@@H](C)C(=O)[C@H](C)[C@H]2N(CC/C=C/c3cncc4cc(OC)ccc34)C(=O)O[C@]12C. The molecule has 5 rings (SSSR count). The first-order chi connectivity index (χ1) is 27.8. The summed E-state index contributed by atoms with van der Waals surface area (Å²) < 4.78 is 36.6. The minimum absolute atomic E-state index is 0.117. The first-order valence-corrected chi connectivity index (χ1v) is 20.9. The van der Waals surface area contributed by atoms with E-state index in [1.54, 1.807) is 59.0 Å². The average Bonchev–Trinajstić information content (AvgIpc) is 3.47. The minimum atomic E-state index is -1.43. The van der Waals surface area contributed by atoms with Crippen molar-refractivity contribution in [2.75, 3.05) is 34.9 Å². The normalized spacial score (nSPS) is 36.4. The van der Waals surface area contributed by atoms with E-state index in [1.165, 1.54) is 14.0 Å². The Morgan fingerprint density at radius 2 is 1.73 bits per heavy atom. The Kier molecular flexibility index (Phi) is 14.7. The smallest absolute Gasteiger partial charge is 0.410 e. The van der Waals surface area contributed by atoms with Crippen LogP contribution >= 0.6 is 0 Å². The lowest BCUT2D eigenvalue weighted by Gasteiger charge is -2.47. The predicted molar refractivity (Wildman–Crippen MR) is 222 cm³/mol. The van der Waals surface area contributed by atoms with Gasteiger partial charge in [0.05, 0.1) is 31.0 Å². The van der Waals surface area contributed by atoms with Crippen molar-refractivity contribution in [3.8, 4) is 5.75 Å². The van der Waals surface area contributed by atoms with E-state index >= 15 is 0 Å². The van der Waals surface area contributed by atoms with Crippen LogP contribution < -0.4 is 4.74 Å². The van der Waals surface area contributed by atoms with Crippen LogP contribution in [0.2, 0.25) is 0 Å². The molecule has 1 aromatic carbocycles. The highest BCUT2D eigenvalue weighted by molar-refractivity contribution is 6.00. The molecule has 3 aliphatic heterocycles. The molecule has 0 saturated carbocycles. The van der Waals surface area contributed by atoms with Crippen molar-refractivity contribution < 1.29 is 52.7 Å². The van der Waals surface area contributed by atoms with Crippen molar-refractivity contribution in [2.45, 2.75) is 135 Å². The van der Waals surface area contributed by atoms with Gasteiger partial charge < -0.3 is 43.3 Å². The van der Waals surface area contributed by atoms with Gasteiger partial charge in [-0.15, -0.1) is 0 Å². The Hall–Kier alpha value is -3.95. The molecule has 1 N–H and O–H groups in total. The van der Waals surface area contributed by atoms with E-state index in [4.69, 9.17) is 28.4 Å². The zero-order valence-electron chi connectivity index (χ0n) is 36.8. The fourth-order valence-corrected chi connectivity index (χ4v) is 9.57. The summed E-state index contributed by atoms with van der Waals surface area (Å²) in [5.74, 6) is -4.32. The van der Waals surface area contributed by atoms with Crippen LogP contribution in [0, 0.1) is 23.7 Å². The lowest BCUT2D eigenvalue weighted by molar-refractivity contribution is -0.295. The molecule has 0 radical (unpaired) electrons. The van der Waals surface area contributed by atoms with E-state index < -0.39 is 83.4 Å². The molecule has 4 heterocycles. The van der Waals surface area contributed by atoms with Crippen molar-refractivity contribution in [3.63, 3.8) is 0 Å². The topological polar surface area (TPSA) is 163 Å². The van der Waals surface area contributed by atoms with Crippen LogP contribution in [0.25, 0.3) is 16.8 Å². The third-order valence-electron chi connectivity index (χ3n) is 13.0. The number of carbonyl (C=O) groups excluding carboxylic acids is 4. The number of nitrogens with zero attached hydrogens (tertiary/aromatic N) is 3. The molecular formula is C45H65N3O11. The number of likely N-dealkylation sites (N-methyl/N-ethyl adjacent to an activating group) is 1. The summed E-state index contributed by atoms with van der Waals surface area (Å²) in [7, 11) is 6.85. The molecule has 14 nitrogen and oxygen atoms in total. The Morgan fingerprint density at radius 3 is 2.37 bits per heavy atom. The maximum atomic E-state index is 14.7. The van der Waals surface area contributed by atoms with Gasteiger partial charge in [-0.1, -0.05) is 39.8 Å². The molecule has 3 fully saturated rings. The van der Waals surface area contributed by atoms with Crippen LogP contribution in [0.3, 0.4) is 0 Å². The standard InChI is InChI=1S/C45H65N3O11/c1-13-35-45(8)39(48(43(53)59-45)19-15-14-16-30-23-46-24-31-21-32(54-11)17-18-33(30)31)27(4)36(49)25(2)22-44(7,55-12)40(28(5)37(50)29(6)41(52)57-35)58-42-38(51)34(47(9)10)20-26(3)56-42/h14,16-18,21,23-29,34-35,38-40,42,51H,13,15,19-20,22H2,1-12H3/b16-14+/t25-,26-,27+,28+,29-,34+,35-,38-,39-,40-,42+,44-,45-/m1/s1. The monoisotopic (exact) mass is 823 g/mol. The number of ketones is 2. The number of fused-ring (bicyclic) bond motifs is 2. The number of carbonyl (C=O) groups is 4. The summed E-state index contributed by atoms with van der Waals surface area (Å²) >= 11 is 0. The van der Waals surface area contributed by atoms with E-state index in [0.29, 0.717) is 12.8 Å². The van der Waals surface area contributed by atoms with Crippen molar-refractivity contribution in [2.24, 2.45) is 23.7 Å². The third-order valence-corrected chi connectivity index (χ3v) is 13.0. The van der Waals surface area contributed by atoms with Crippen molar-refractivity contribution in [3.05, 3.63) is 42.2 Å². The molecule has 0 bridgehead atoms. The molecule has 1 aromatic heterocycles. The second-order valence-corrected chi connectivity index (χ2v) is 17.4. The van der Waals surface area contributed by atoms with E-state index in [2.05, 4.69) is 4.98 Å². The summed E-state index contributed by atoms with van der Waals surface area (Å²) in [6, 6.07) is 4.67. The second-order valence-electron chi connectivity index (χ2n) is 17.4. The summed E-state index contributed by atoms with van der Waals surface area (Å²) in [4.78, 5) is 64.8. The number of cyclic esters (lactones) is 1. The Labute approximate surface area is 348 Å². The minimum Gasteiger partial charge on any atom is -0.497 e. The number of esters is 1. The van der Waals surface area contributed by atoms with Gasteiger partial charge in [-0.2, -0.15) is 0 Å². The molecular weight excluding hydrogens is 759 g/mol. The Morgan fingerprint density at radius 1 is 1.02 bits per heavy atom. The lowest BCUT2D eigenvalue weighted by atomic mass is 9.73. The number of amides is 1. The number of ether oxygens (including phenoxy) is 6. The molecule has 0 aliphatic carbocycles. The molecule has 59 heavy (non-hydrogen) atoms. The van der Waals surface area contributed by atoms with Gasteiger partial charge in [-0.05, 0) is 91.1 Å². The summed E-state index contributed by atoms with van der Waals surface area (Å²) in [5.41, 5.74) is -1.81. The molecule has 3 aliphatic rings. The molecule has 13 atom stereocenters. The van der Waals surface area contributed by atoms with Crippen LogP contribution in [0.15, 0.2) is 36.7 Å². The van der Waals surface area contributed by atoms with Crippen LogP contribution in [0.5, 0.6) is 5.75 Å². The highest BCUT2D eigenvalue weighted by Gasteiger charge is 2.60. The second kappa shape index (κ2) is 18.8. The van der Waals surface area contributed by atoms with E-state index in [0.717, 1.165) is 22.1 Å². The van der Waals surface area contributed by atoms with Crippen LogP contribution in [-0.4, -0.2) is 132 Å². The summed E-state index contributed by atoms with van der Waals surface area (Å²) in [6.07, 6.45) is 3.70. The molecule has 1 amide bonds. The molecule has 0 unspecified atom stereocenters. The average molecular weight is 824 g/mol. The zero-order valence-corrected chi connectivity index (χ0v) is 36.8. The fourth-order valence-electron chi connectivity index (χ4n) is 9.57. The number of aliphatic hydroxyl groups excluding tert-OH is 1. The van der Waals surface area contributed by atoms with E-state index in [1.807, 2.05) is 63.2 Å². The number of methoxy groups -OCH3 is 2. The van der Waals surface area contributed by atoms with E-state index in [9.17, 15) is 24.3 Å². The van der Waals surface area contributed by atoms with Gasteiger partial charge in [0.25, 0.3) is 0 Å². The number of hydrogen-bond donors (Lipinski definition) is 1. The van der Waals surface area contributed by atoms with E-state index in [-0.39, 0.29) is 37.3 Å². The van der Waals surface area contributed by atoms with Crippen molar-refractivity contribution in [1.82, 2.24) is 14.8 Å². The van der Waals surface area contributed by atoms with Crippen LogP contribution in [-0.2, 0) is 38.1 Å². The quantitative estimate of drug-likeness (QED) is 0.225. The van der Waals surface area contributed by atoms with Gasteiger partial charge in [0.1, 0.15) is 29.7 Å². The zero-order chi connectivity index (χ0) is 43.6. The highest BCUT2D eigenvalue weighted by Crippen LogP contribution is 2.43. The predicted octanol–water partition coefficient (Wildman–Crippen LogP) is 5.85. The maximum absolute atomic E-state index is 14.7. The largest absolute Gasteiger partial charge is 0.497 e. The Bertz CT molecular complexity index is 1870. The number of benzene rings is 1. The van der Waals surface area contributed by atoms with Crippen molar-refractivity contribution >= 4 is 40.5 Å². The number of rotatable bonds is 10.